The number of alkyl halides is 3. The first kappa shape index (κ1) is 31.4. The predicted octanol–water partition coefficient (Wildman–Crippen LogP) is 5.59. The second kappa shape index (κ2) is 13.5. The lowest BCUT2D eigenvalue weighted by Crippen LogP contribution is -2.48. The minimum atomic E-state index is -4.43. The molecular weight excluding hydrogens is 541 g/mol. The molecule has 0 radical (unpaired) electrons. The van der Waals surface area contributed by atoms with Crippen molar-refractivity contribution in [3.05, 3.63) is 54.4 Å². The number of ether oxygens (including phenoxy) is 1. The Kier molecular flexibility index (Phi) is 10.3. The average molecular weight is 577 g/mol. The van der Waals surface area contributed by atoms with E-state index in [1.54, 1.807) is 12.3 Å². The fourth-order valence-corrected chi connectivity index (χ4v) is 3.95. The molecule has 0 fully saturated rings. The van der Waals surface area contributed by atoms with Crippen molar-refractivity contribution in [1.82, 2.24) is 25.3 Å². The number of unbranched alkanes of at least 4 members (excludes halogenated alkanes) is 2. The Bertz CT molecular complexity index is 1300. The van der Waals surface area contributed by atoms with E-state index in [-0.39, 0.29) is 18.8 Å². The number of alkyl carbamates (subject to hydrolysis) is 1. The molecule has 3 N–H and O–H groups in total. The van der Waals surface area contributed by atoms with Crippen LogP contribution in [0.15, 0.2) is 48.8 Å². The van der Waals surface area contributed by atoms with Gasteiger partial charge >= 0.3 is 12.3 Å². The van der Waals surface area contributed by atoms with Crippen molar-refractivity contribution >= 4 is 23.6 Å². The first-order valence-electron chi connectivity index (χ1n) is 13.3. The van der Waals surface area contributed by atoms with Crippen LogP contribution in [0.4, 0.5) is 23.8 Å². The molecule has 2 atom stereocenters. The number of hydrogen-bond acceptors (Lipinski definition) is 6. The Morgan fingerprint density at radius 1 is 1.05 bits per heavy atom. The van der Waals surface area contributed by atoms with E-state index < -0.39 is 47.1 Å². The maximum atomic E-state index is 13.0. The van der Waals surface area contributed by atoms with Gasteiger partial charge < -0.3 is 15.4 Å². The van der Waals surface area contributed by atoms with Gasteiger partial charge in [-0.2, -0.15) is 23.4 Å². The largest absolute Gasteiger partial charge is 0.444 e. The van der Waals surface area contributed by atoms with Gasteiger partial charge in [-0.3, -0.25) is 19.4 Å². The standard InChI is InChI=1S/C28H35F3N6O4/c1-5-6-7-8-21(24(38)25(39)34-23-13-15-32-35-23)33-26(40)41-22(27(2,3)4)17-37-16-14-20(36-37)18-9-11-19(12-10-18)28(29,30)31/h9-16,21-22H,5-8,17H2,1-4H3,(H,33,40)(H2,32,34,35,39)/t21?,22-/m0/s1. The van der Waals surface area contributed by atoms with Gasteiger partial charge in [0.1, 0.15) is 18.0 Å². The van der Waals surface area contributed by atoms with E-state index in [1.807, 2.05) is 27.7 Å². The molecule has 0 aliphatic carbocycles. The smallest absolute Gasteiger partial charge is 0.416 e. The van der Waals surface area contributed by atoms with Crippen molar-refractivity contribution in [1.29, 1.82) is 0 Å². The number of H-pyrrole nitrogens is 1. The molecule has 1 unspecified atom stereocenters. The van der Waals surface area contributed by atoms with Crippen molar-refractivity contribution in [3.63, 3.8) is 0 Å². The summed E-state index contributed by atoms with van der Waals surface area (Å²) in [6.07, 6.45) is -0.349. The van der Waals surface area contributed by atoms with Gasteiger partial charge in [0.05, 0.1) is 24.0 Å². The normalized spacial score (nSPS) is 13.3. The number of ketones is 1. The summed E-state index contributed by atoms with van der Waals surface area (Å²) in [6.45, 7) is 7.74. The zero-order chi connectivity index (χ0) is 30.2. The molecule has 222 valence electrons. The van der Waals surface area contributed by atoms with Crippen LogP contribution in [0.2, 0.25) is 0 Å². The highest BCUT2D eigenvalue weighted by Gasteiger charge is 2.33. The highest BCUT2D eigenvalue weighted by molar-refractivity contribution is 6.42. The number of aromatic nitrogens is 4. The molecule has 3 aromatic rings. The second-order valence-corrected chi connectivity index (χ2v) is 10.7. The van der Waals surface area contributed by atoms with Gasteiger partial charge in [0.2, 0.25) is 5.78 Å². The van der Waals surface area contributed by atoms with E-state index in [9.17, 15) is 27.6 Å². The summed E-state index contributed by atoms with van der Waals surface area (Å²) in [5.74, 6) is -1.45. The summed E-state index contributed by atoms with van der Waals surface area (Å²) in [7, 11) is 0. The molecule has 41 heavy (non-hydrogen) atoms. The number of hydrogen-bond donors (Lipinski definition) is 3. The van der Waals surface area contributed by atoms with Crippen LogP contribution in [0.1, 0.15) is 58.9 Å². The summed E-state index contributed by atoms with van der Waals surface area (Å²) in [5, 5.41) is 15.7. The molecule has 2 amide bonds. The predicted molar refractivity (Wildman–Crippen MR) is 146 cm³/mol. The van der Waals surface area contributed by atoms with E-state index in [0.717, 1.165) is 25.0 Å². The van der Waals surface area contributed by atoms with Crippen molar-refractivity contribution in [2.75, 3.05) is 5.32 Å². The molecule has 3 rings (SSSR count). The fourth-order valence-electron chi connectivity index (χ4n) is 3.95. The number of aromatic amines is 1. The molecule has 0 aliphatic rings. The van der Waals surface area contributed by atoms with E-state index in [0.29, 0.717) is 17.7 Å². The van der Waals surface area contributed by atoms with Crippen LogP contribution >= 0.6 is 0 Å². The van der Waals surface area contributed by atoms with Gasteiger partial charge in [-0.05, 0) is 24.6 Å². The van der Waals surface area contributed by atoms with Gasteiger partial charge in [-0.25, -0.2) is 4.79 Å². The van der Waals surface area contributed by atoms with E-state index in [4.69, 9.17) is 4.74 Å². The van der Waals surface area contributed by atoms with Crippen LogP contribution in [-0.2, 0) is 27.0 Å². The third-order valence-electron chi connectivity index (χ3n) is 6.39. The number of rotatable bonds is 12. The summed E-state index contributed by atoms with van der Waals surface area (Å²) in [5.41, 5.74) is -0.333. The van der Waals surface area contributed by atoms with Gasteiger partial charge in [-0.15, -0.1) is 0 Å². The number of carbonyl (C=O) groups is 3. The maximum absolute atomic E-state index is 13.0. The monoisotopic (exact) mass is 576 g/mol. The van der Waals surface area contributed by atoms with E-state index in [2.05, 4.69) is 25.9 Å². The molecule has 0 saturated carbocycles. The van der Waals surface area contributed by atoms with Crippen molar-refractivity contribution in [3.8, 4) is 11.3 Å². The molecular formula is C28H35F3N6O4. The number of carbonyl (C=O) groups excluding carboxylic acids is 3. The molecule has 0 spiro atoms. The molecule has 0 saturated heterocycles. The molecule has 10 nitrogen and oxygen atoms in total. The number of benzene rings is 1. The third kappa shape index (κ3) is 9.19. The molecule has 0 aliphatic heterocycles. The Balaban J connectivity index is 1.68. The van der Waals surface area contributed by atoms with Crippen LogP contribution < -0.4 is 10.6 Å². The minimum Gasteiger partial charge on any atom is -0.444 e. The molecule has 2 heterocycles. The summed E-state index contributed by atoms with van der Waals surface area (Å²) in [6, 6.07) is 6.74. The fraction of sp³-hybridized carbons (Fsp3) is 0.464. The van der Waals surface area contributed by atoms with Gasteiger partial charge in [0.25, 0.3) is 5.91 Å². The third-order valence-corrected chi connectivity index (χ3v) is 6.39. The second-order valence-electron chi connectivity index (χ2n) is 10.7. The van der Waals surface area contributed by atoms with Gasteiger partial charge in [-0.1, -0.05) is 59.1 Å². The lowest BCUT2D eigenvalue weighted by Gasteiger charge is -2.30. The quantitative estimate of drug-likeness (QED) is 0.190. The highest BCUT2D eigenvalue weighted by Crippen LogP contribution is 2.31. The summed E-state index contributed by atoms with van der Waals surface area (Å²) >= 11 is 0. The minimum absolute atomic E-state index is 0.145. The topological polar surface area (TPSA) is 131 Å². The average Bonchev–Trinajstić information content (AvgIpc) is 3.59. The highest BCUT2D eigenvalue weighted by atomic mass is 19.4. The van der Waals surface area contributed by atoms with Crippen LogP contribution in [0.3, 0.4) is 0 Å². The Morgan fingerprint density at radius 2 is 1.76 bits per heavy atom. The first-order chi connectivity index (χ1) is 19.3. The summed E-state index contributed by atoms with van der Waals surface area (Å²) < 4.78 is 45.9. The SMILES string of the molecule is CCCCCC(NC(=O)O[C@@H](Cn1ccc(-c2ccc(C(F)(F)F)cc2)n1)C(C)(C)C)C(=O)C(=O)Nc1ccn[nH]1. The zero-order valence-electron chi connectivity index (χ0n) is 23.4. The van der Waals surface area contributed by atoms with Crippen molar-refractivity contribution in [2.24, 2.45) is 5.41 Å². The van der Waals surface area contributed by atoms with Crippen LogP contribution in [-0.4, -0.2) is 49.9 Å². The van der Waals surface area contributed by atoms with Gasteiger partial charge in [0.15, 0.2) is 0 Å². The number of nitrogens with zero attached hydrogens (tertiary/aromatic N) is 3. The maximum Gasteiger partial charge on any atom is 0.416 e. The molecule has 0 bridgehead atoms. The van der Waals surface area contributed by atoms with Crippen LogP contribution in [0, 0.1) is 5.41 Å². The molecule has 13 heteroatoms. The van der Waals surface area contributed by atoms with Crippen LogP contribution in [0.25, 0.3) is 11.3 Å². The lowest BCUT2D eigenvalue weighted by atomic mass is 9.89. The summed E-state index contributed by atoms with van der Waals surface area (Å²) in [4.78, 5) is 38.4. The molecule has 1 aromatic carbocycles. The Hall–Kier alpha value is -4.16. The number of anilines is 1. The van der Waals surface area contributed by atoms with Crippen molar-refractivity contribution in [2.45, 2.75) is 78.2 Å². The Labute approximate surface area is 236 Å². The number of halogens is 3. The lowest BCUT2D eigenvalue weighted by molar-refractivity contribution is -0.137. The van der Waals surface area contributed by atoms with E-state index >= 15 is 0 Å². The number of Topliss-reactive ketones (excluding diaryl/α,β-unsaturated/α-hetero) is 1. The van der Waals surface area contributed by atoms with Crippen molar-refractivity contribution < 1.29 is 32.3 Å². The van der Waals surface area contributed by atoms with Crippen LogP contribution in [0.5, 0.6) is 0 Å². The first-order valence-corrected chi connectivity index (χ1v) is 13.3. The van der Waals surface area contributed by atoms with E-state index in [1.165, 1.54) is 29.1 Å². The molecule has 2 aromatic heterocycles. The number of nitrogens with one attached hydrogen (secondary N) is 3. The van der Waals surface area contributed by atoms with Gasteiger partial charge in [0, 0.05) is 23.2 Å². The zero-order valence-corrected chi connectivity index (χ0v) is 23.4. The number of amides is 2. The Morgan fingerprint density at radius 3 is 2.34 bits per heavy atom.